The van der Waals surface area contributed by atoms with Gasteiger partial charge >= 0.3 is 0 Å². The lowest BCUT2D eigenvalue weighted by Gasteiger charge is -2.38. The van der Waals surface area contributed by atoms with Crippen molar-refractivity contribution in [1.82, 2.24) is 19.4 Å². The lowest BCUT2D eigenvalue weighted by Crippen LogP contribution is -2.43. The highest BCUT2D eigenvalue weighted by molar-refractivity contribution is 6.24. The molecule has 6 nitrogen and oxygen atoms in total. The maximum Gasteiger partial charge on any atom is 0.265 e. The van der Waals surface area contributed by atoms with E-state index in [9.17, 15) is 4.79 Å². The van der Waals surface area contributed by atoms with Gasteiger partial charge in [0.15, 0.2) is 5.65 Å². The summed E-state index contributed by atoms with van der Waals surface area (Å²) in [5, 5.41) is 5.08. The van der Waals surface area contributed by atoms with E-state index in [0.717, 1.165) is 52.1 Å². The Morgan fingerprint density at radius 2 is 1.61 bits per heavy atom. The second kappa shape index (κ2) is 8.90. The van der Waals surface area contributed by atoms with Crippen molar-refractivity contribution >= 4 is 23.3 Å². The van der Waals surface area contributed by atoms with Gasteiger partial charge in [0, 0.05) is 39.6 Å². The Hall–Kier alpha value is -4.00. The van der Waals surface area contributed by atoms with E-state index in [1.807, 2.05) is 34.8 Å². The number of rotatable bonds is 5. The topological polar surface area (TPSA) is 85.3 Å². The van der Waals surface area contributed by atoms with Gasteiger partial charge in [0.2, 0.25) is 0 Å². The zero-order chi connectivity index (χ0) is 24.7. The van der Waals surface area contributed by atoms with E-state index in [1.54, 1.807) is 18.3 Å². The highest BCUT2D eigenvalue weighted by atomic mass is 35.5. The summed E-state index contributed by atoms with van der Waals surface area (Å²) in [5.41, 5.74) is 14.4. The largest absolute Gasteiger partial charge is 0.321 e. The number of benzene rings is 3. The molecule has 0 bridgehead atoms. The van der Waals surface area contributed by atoms with Crippen LogP contribution in [0.25, 0.3) is 39.3 Å². The van der Waals surface area contributed by atoms with Crippen LogP contribution >= 0.6 is 11.8 Å². The van der Waals surface area contributed by atoms with Gasteiger partial charge in [0.05, 0.1) is 17.6 Å². The second-order valence-electron chi connectivity index (χ2n) is 9.27. The monoisotopic (exact) mass is 493 g/mol. The molecule has 7 heteroatoms. The number of hydrogen-bond acceptors (Lipinski definition) is 4. The van der Waals surface area contributed by atoms with Crippen LogP contribution in [0.15, 0.2) is 91.1 Å². The van der Waals surface area contributed by atoms with Crippen LogP contribution in [0, 0.1) is 0 Å². The van der Waals surface area contributed by atoms with Crippen LogP contribution in [0.1, 0.15) is 35.2 Å². The highest BCUT2D eigenvalue weighted by Gasteiger charge is 2.34. The Kier molecular flexibility index (Phi) is 5.55. The van der Waals surface area contributed by atoms with Gasteiger partial charge in [-0.25, -0.2) is 9.50 Å². The van der Waals surface area contributed by atoms with E-state index >= 15 is 0 Å². The second-order valence-corrected chi connectivity index (χ2v) is 9.46. The van der Waals surface area contributed by atoms with Crippen molar-refractivity contribution in [2.75, 3.05) is 0 Å². The normalized spacial score (nSPS) is 14.4. The van der Waals surface area contributed by atoms with Crippen LogP contribution in [-0.2, 0) is 5.54 Å². The summed E-state index contributed by atoms with van der Waals surface area (Å²) in [6.07, 6.45) is 5.02. The van der Waals surface area contributed by atoms with E-state index in [1.165, 1.54) is 12.0 Å². The van der Waals surface area contributed by atoms with E-state index in [4.69, 9.17) is 22.6 Å². The van der Waals surface area contributed by atoms with Gasteiger partial charge < -0.3 is 5.73 Å². The van der Waals surface area contributed by atoms with Crippen LogP contribution < -0.4 is 10.6 Å². The van der Waals surface area contributed by atoms with Crippen LogP contribution in [0.2, 0.25) is 0 Å². The summed E-state index contributed by atoms with van der Waals surface area (Å²) in [6, 6.07) is 28.0. The van der Waals surface area contributed by atoms with Crippen molar-refractivity contribution in [3.63, 3.8) is 0 Å². The van der Waals surface area contributed by atoms with Gasteiger partial charge in [-0.15, -0.1) is 0 Å². The third kappa shape index (κ3) is 3.85. The van der Waals surface area contributed by atoms with Gasteiger partial charge in [-0.05, 0) is 48.6 Å². The van der Waals surface area contributed by atoms with Crippen molar-refractivity contribution in [2.24, 2.45) is 5.73 Å². The van der Waals surface area contributed by atoms with E-state index in [0.29, 0.717) is 5.56 Å². The van der Waals surface area contributed by atoms with Crippen LogP contribution in [0.5, 0.6) is 0 Å². The molecule has 1 aliphatic carbocycles. The van der Waals surface area contributed by atoms with E-state index < -0.39 is 0 Å². The number of carbonyl (C=O) groups is 1. The minimum Gasteiger partial charge on any atom is -0.321 e. The molecule has 3 aromatic carbocycles. The molecule has 0 atom stereocenters. The molecule has 0 aliphatic heterocycles. The molecule has 2 aromatic heterocycles. The first kappa shape index (κ1) is 22.5. The maximum atomic E-state index is 11.8. The third-order valence-electron chi connectivity index (χ3n) is 7.09. The van der Waals surface area contributed by atoms with Crippen molar-refractivity contribution in [3.05, 3.63) is 102 Å². The number of aromatic nitrogens is 3. The van der Waals surface area contributed by atoms with Gasteiger partial charge in [-0.1, -0.05) is 66.7 Å². The summed E-state index contributed by atoms with van der Waals surface area (Å²) in [6.45, 7) is 0. The van der Waals surface area contributed by atoms with E-state index in [-0.39, 0.29) is 11.4 Å². The molecule has 0 spiro atoms. The molecular weight excluding hydrogens is 470 g/mol. The molecule has 2 heterocycles. The number of nitrogens with two attached hydrogens (primary N) is 1. The van der Waals surface area contributed by atoms with Gasteiger partial charge in [-0.3, -0.25) is 9.63 Å². The average molecular weight is 494 g/mol. The SMILES string of the molecule is NC1(c2ccc(-c3nn4c(-c5ccc(C(=O)NCl)cc5)cnc4cc3-c3ccccc3)cc2)CCC1. The lowest BCUT2D eigenvalue weighted by molar-refractivity contribution is 0.0982. The highest BCUT2D eigenvalue weighted by Crippen LogP contribution is 2.40. The molecule has 36 heavy (non-hydrogen) atoms. The quantitative estimate of drug-likeness (QED) is 0.296. The summed E-state index contributed by atoms with van der Waals surface area (Å²) in [7, 11) is 0. The molecule has 0 saturated heterocycles. The number of hydrogen-bond donors (Lipinski definition) is 2. The van der Waals surface area contributed by atoms with Crippen LogP contribution in [-0.4, -0.2) is 20.5 Å². The molecule has 1 amide bonds. The Balaban J connectivity index is 1.48. The van der Waals surface area contributed by atoms with Crippen molar-refractivity contribution in [2.45, 2.75) is 24.8 Å². The predicted molar refractivity (Wildman–Crippen MR) is 142 cm³/mol. The molecule has 1 fully saturated rings. The maximum absolute atomic E-state index is 11.8. The fourth-order valence-electron chi connectivity index (χ4n) is 4.82. The zero-order valence-electron chi connectivity index (χ0n) is 19.5. The summed E-state index contributed by atoms with van der Waals surface area (Å²) in [5.74, 6) is -0.348. The van der Waals surface area contributed by atoms with E-state index in [2.05, 4.69) is 52.3 Å². The van der Waals surface area contributed by atoms with Crippen molar-refractivity contribution in [3.8, 4) is 33.6 Å². The summed E-state index contributed by atoms with van der Waals surface area (Å²) in [4.78, 5) is 18.6. The fourth-order valence-corrected chi connectivity index (χ4v) is 4.93. The molecular formula is C29H24ClN5O. The fraction of sp³-hybridized carbons (Fsp3) is 0.138. The van der Waals surface area contributed by atoms with Gasteiger partial charge in [0.25, 0.3) is 5.91 Å². The zero-order valence-corrected chi connectivity index (χ0v) is 20.2. The lowest BCUT2D eigenvalue weighted by atomic mass is 9.72. The third-order valence-corrected chi connectivity index (χ3v) is 7.26. The number of halogens is 1. The first-order valence-electron chi connectivity index (χ1n) is 11.9. The number of amides is 1. The molecule has 3 N–H and O–H groups in total. The Labute approximate surface area is 213 Å². The van der Waals surface area contributed by atoms with Gasteiger partial charge in [0.1, 0.15) is 0 Å². The van der Waals surface area contributed by atoms with Crippen LogP contribution in [0.4, 0.5) is 0 Å². The Bertz CT molecular complexity index is 1560. The number of nitrogens with zero attached hydrogens (tertiary/aromatic N) is 3. The minimum atomic E-state index is -0.348. The van der Waals surface area contributed by atoms with Crippen molar-refractivity contribution < 1.29 is 4.79 Å². The first-order valence-corrected chi connectivity index (χ1v) is 12.3. The minimum absolute atomic E-state index is 0.206. The first-order chi connectivity index (χ1) is 17.6. The Morgan fingerprint density at radius 1 is 0.917 bits per heavy atom. The standard InChI is InChI=1S/C29H24ClN5O/c30-33-28(36)22-9-7-20(8-10-22)25-18-32-26-17-24(19-5-2-1-3-6-19)27(34-35(25)26)21-11-13-23(14-12-21)29(31)15-4-16-29/h1-3,5-14,17-18H,4,15-16,31H2,(H,33,36). The van der Waals surface area contributed by atoms with Crippen molar-refractivity contribution in [1.29, 1.82) is 0 Å². The molecule has 5 aromatic rings. The smallest absolute Gasteiger partial charge is 0.265 e. The Morgan fingerprint density at radius 3 is 2.25 bits per heavy atom. The average Bonchev–Trinajstić information content (AvgIpc) is 3.34. The number of carbonyl (C=O) groups excluding carboxylic acids is 1. The molecule has 0 radical (unpaired) electrons. The summed E-state index contributed by atoms with van der Waals surface area (Å²) < 4.78 is 1.85. The predicted octanol–water partition coefficient (Wildman–Crippen LogP) is 5.95. The molecule has 178 valence electrons. The molecule has 6 rings (SSSR count). The summed E-state index contributed by atoms with van der Waals surface area (Å²) >= 11 is 5.46. The van der Waals surface area contributed by atoms with Crippen LogP contribution in [0.3, 0.4) is 0 Å². The molecule has 1 aliphatic rings. The van der Waals surface area contributed by atoms with Gasteiger partial charge in [-0.2, -0.15) is 5.10 Å². The number of nitrogens with one attached hydrogen (secondary N) is 1. The molecule has 1 saturated carbocycles. The molecule has 0 unspecified atom stereocenters. The number of imidazole rings is 1. The number of fused-ring (bicyclic) bond motifs is 1.